The number of hydrogen-bond acceptors (Lipinski definition) is 1. The first-order valence-electron chi connectivity index (χ1n) is 7.01. The van der Waals surface area contributed by atoms with E-state index in [2.05, 4.69) is 25.1 Å². The second-order valence-electron chi connectivity index (χ2n) is 5.03. The smallest absolute Gasteiger partial charge is 0.116 e. The van der Waals surface area contributed by atoms with E-state index in [1.165, 1.54) is 49.5 Å². The van der Waals surface area contributed by atoms with Crippen LogP contribution in [0.25, 0.3) is 10.8 Å². The van der Waals surface area contributed by atoms with Crippen molar-refractivity contribution in [2.75, 3.05) is 0 Å². The van der Waals surface area contributed by atoms with Crippen molar-refractivity contribution in [1.82, 2.24) is 0 Å². The zero-order chi connectivity index (χ0) is 12.8. The average molecular weight is 242 g/mol. The molecule has 1 heteroatoms. The molecule has 0 atom stereocenters. The molecular formula is C17H22O. The van der Waals surface area contributed by atoms with Gasteiger partial charge in [-0.3, -0.25) is 0 Å². The highest BCUT2D eigenvalue weighted by Gasteiger charge is 1.98. The molecule has 18 heavy (non-hydrogen) atoms. The van der Waals surface area contributed by atoms with Gasteiger partial charge in [0.15, 0.2) is 0 Å². The predicted octanol–water partition coefficient (Wildman–Crippen LogP) is 5.06. The Labute approximate surface area is 109 Å². The molecule has 0 spiro atoms. The number of rotatable bonds is 6. The maximum Gasteiger partial charge on any atom is 0.116 e. The van der Waals surface area contributed by atoms with Crippen LogP contribution in [-0.4, -0.2) is 5.11 Å². The minimum atomic E-state index is 0.342. The van der Waals surface area contributed by atoms with Gasteiger partial charge in [0.05, 0.1) is 0 Å². The van der Waals surface area contributed by atoms with Crippen molar-refractivity contribution in [2.24, 2.45) is 0 Å². The third-order valence-corrected chi connectivity index (χ3v) is 3.46. The lowest BCUT2D eigenvalue weighted by Gasteiger charge is -2.04. The van der Waals surface area contributed by atoms with Crippen LogP contribution in [0, 0.1) is 0 Å². The van der Waals surface area contributed by atoms with Gasteiger partial charge in [-0.2, -0.15) is 0 Å². The number of hydrogen-bond donors (Lipinski definition) is 1. The van der Waals surface area contributed by atoms with E-state index in [4.69, 9.17) is 0 Å². The number of fused-ring (bicyclic) bond motifs is 1. The zero-order valence-electron chi connectivity index (χ0n) is 11.2. The Morgan fingerprint density at radius 3 is 2.39 bits per heavy atom. The first kappa shape index (κ1) is 12.9. The molecule has 96 valence electrons. The number of unbranched alkanes of at least 4 members (excludes halogenated alkanes) is 4. The predicted molar refractivity (Wildman–Crippen MR) is 78.1 cm³/mol. The summed E-state index contributed by atoms with van der Waals surface area (Å²) in [6.07, 6.45) is 7.81. The Kier molecular flexibility index (Phi) is 4.63. The van der Waals surface area contributed by atoms with Gasteiger partial charge >= 0.3 is 0 Å². The van der Waals surface area contributed by atoms with E-state index >= 15 is 0 Å². The Morgan fingerprint density at radius 2 is 1.56 bits per heavy atom. The fraction of sp³-hybridized carbons (Fsp3) is 0.412. The van der Waals surface area contributed by atoms with Crippen molar-refractivity contribution in [3.8, 4) is 5.75 Å². The second kappa shape index (κ2) is 6.44. The first-order valence-corrected chi connectivity index (χ1v) is 7.01. The molecule has 1 N–H and O–H groups in total. The van der Waals surface area contributed by atoms with Crippen LogP contribution in [0.3, 0.4) is 0 Å². The minimum Gasteiger partial charge on any atom is -0.508 e. The lowest BCUT2D eigenvalue weighted by molar-refractivity contribution is 0.476. The molecule has 0 amide bonds. The lowest BCUT2D eigenvalue weighted by atomic mass is 10.0. The Morgan fingerprint density at radius 1 is 0.833 bits per heavy atom. The van der Waals surface area contributed by atoms with Crippen LogP contribution in [0.1, 0.15) is 44.6 Å². The first-order chi connectivity index (χ1) is 8.79. The maximum atomic E-state index is 9.42. The van der Waals surface area contributed by atoms with E-state index in [0.717, 1.165) is 5.39 Å². The fourth-order valence-electron chi connectivity index (χ4n) is 2.37. The van der Waals surface area contributed by atoms with E-state index in [9.17, 15) is 5.11 Å². The molecule has 0 saturated carbocycles. The monoisotopic (exact) mass is 242 g/mol. The molecule has 0 saturated heterocycles. The summed E-state index contributed by atoms with van der Waals surface area (Å²) in [6.45, 7) is 2.25. The van der Waals surface area contributed by atoms with Crippen molar-refractivity contribution in [3.63, 3.8) is 0 Å². The molecule has 2 aromatic carbocycles. The Balaban J connectivity index is 1.95. The number of benzene rings is 2. The molecule has 0 fully saturated rings. The van der Waals surface area contributed by atoms with Gasteiger partial charge < -0.3 is 5.11 Å². The normalized spacial score (nSPS) is 10.9. The van der Waals surface area contributed by atoms with Crippen molar-refractivity contribution in [1.29, 1.82) is 0 Å². The summed E-state index contributed by atoms with van der Waals surface area (Å²) in [6, 6.07) is 12.1. The van der Waals surface area contributed by atoms with Gasteiger partial charge in [-0.05, 0) is 41.3 Å². The van der Waals surface area contributed by atoms with Crippen molar-refractivity contribution in [3.05, 3.63) is 42.0 Å². The van der Waals surface area contributed by atoms with Crippen molar-refractivity contribution < 1.29 is 5.11 Å². The quantitative estimate of drug-likeness (QED) is 0.702. The number of aryl methyl sites for hydroxylation is 1. The molecule has 0 unspecified atom stereocenters. The lowest BCUT2D eigenvalue weighted by Crippen LogP contribution is -1.86. The molecule has 0 aliphatic heterocycles. The van der Waals surface area contributed by atoms with Crippen LogP contribution >= 0.6 is 0 Å². The Bertz CT molecular complexity index is 502. The van der Waals surface area contributed by atoms with Gasteiger partial charge in [0.25, 0.3) is 0 Å². The molecule has 0 heterocycles. The third kappa shape index (κ3) is 3.49. The summed E-state index contributed by atoms with van der Waals surface area (Å²) in [7, 11) is 0. The molecule has 2 rings (SSSR count). The molecule has 0 bridgehead atoms. The molecule has 0 radical (unpaired) electrons. The molecule has 2 aromatic rings. The van der Waals surface area contributed by atoms with E-state index in [1.807, 2.05) is 12.1 Å². The summed E-state index contributed by atoms with van der Waals surface area (Å²) in [4.78, 5) is 0. The molecular weight excluding hydrogens is 220 g/mol. The van der Waals surface area contributed by atoms with E-state index in [0.29, 0.717) is 5.75 Å². The van der Waals surface area contributed by atoms with Crippen LogP contribution in [-0.2, 0) is 6.42 Å². The minimum absolute atomic E-state index is 0.342. The van der Waals surface area contributed by atoms with Crippen molar-refractivity contribution >= 4 is 10.8 Å². The highest BCUT2D eigenvalue weighted by Crippen LogP contribution is 2.22. The van der Waals surface area contributed by atoms with Gasteiger partial charge in [-0.1, -0.05) is 56.9 Å². The highest BCUT2D eigenvalue weighted by molar-refractivity contribution is 5.84. The molecule has 1 nitrogen and oxygen atoms in total. The SMILES string of the molecule is CCCCCCCc1ccc2cc(O)ccc2c1. The van der Waals surface area contributed by atoms with Crippen LogP contribution in [0.15, 0.2) is 36.4 Å². The van der Waals surface area contributed by atoms with Gasteiger partial charge in [-0.25, -0.2) is 0 Å². The summed E-state index contributed by atoms with van der Waals surface area (Å²) < 4.78 is 0. The summed E-state index contributed by atoms with van der Waals surface area (Å²) in [5, 5.41) is 11.8. The van der Waals surface area contributed by atoms with Gasteiger partial charge in [-0.15, -0.1) is 0 Å². The fourth-order valence-corrected chi connectivity index (χ4v) is 2.37. The number of phenolic OH excluding ortho intramolecular Hbond substituents is 1. The molecule has 0 aliphatic carbocycles. The van der Waals surface area contributed by atoms with Gasteiger partial charge in [0.1, 0.15) is 5.75 Å². The van der Waals surface area contributed by atoms with Gasteiger partial charge in [0, 0.05) is 0 Å². The third-order valence-electron chi connectivity index (χ3n) is 3.46. The maximum absolute atomic E-state index is 9.42. The van der Waals surface area contributed by atoms with Crippen LogP contribution in [0.2, 0.25) is 0 Å². The van der Waals surface area contributed by atoms with E-state index in [-0.39, 0.29) is 0 Å². The summed E-state index contributed by atoms with van der Waals surface area (Å²) in [5.74, 6) is 0.342. The van der Waals surface area contributed by atoms with Crippen LogP contribution < -0.4 is 0 Å². The Hall–Kier alpha value is -1.50. The van der Waals surface area contributed by atoms with E-state index < -0.39 is 0 Å². The largest absolute Gasteiger partial charge is 0.508 e. The number of phenols is 1. The molecule has 0 aromatic heterocycles. The van der Waals surface area contributed by atoms with E-state index in [1.54, 1.807) is 6.07 Å². The summed E-state index contributed by atoms with van der Waals surface area (Å²) in [5.41, 5.74) is 1.41. The zero-order valence-corrected chi connectivity index (χ0v) is 11.2. The molecule has 0 aliphatic rings. The van der Waals surface area contributed by atoms with Gasteiger partial charge in [0.2, 0.25) is 0 Å². The number of aromatic hydroxyl groups is 1. The standard InChI is InChI=1S/C17H22O/c1-2-3-4-5-6-7-14-8-9-16-13-17(18)11-10-15(16)12-14/h8-13,18H,2-7H2,1H3. The topological polar surface area (TPSA) is 20.2 Å². The highest BCUT2D eigenvalue weighted by atomic mass is 16.3. The summed E-state index contributed by atoms with van der Waals surface area (Å²) >= 11 is 0. The van der Waals surface area contributed by atoms with Crippen molar-refractivity contribution in [2.45, 2.75) is 45.4 Å². The van der Waals surface area contributed by atoms with Crippen LogP contribution in [0.5, 0.6) is 5.75 Å². The average Bonchev–Trinajstić information content (AvgIpc) is 2.38. The van der Waals surface area contributed by atoms with Crippen LogP contribution in [0.4, 0.5) is 0 Å². The second-order valence-corrected chi connectivity index (χ2v) is 5.03.